The number of piperidine rings is 1. The van der Waals surface area contributed by atoms with Crippen LogP contribution in [0.5, 0.6) is 0 Å². The molecule has 2 bridgehead atoms. The number of nitrogens with zero attached hydrogens (tertiary/aromatic N) is 1. The Morgan fingerprint density at radius 2 is 2.14 bits per heavy atom. The van der Waals surface area contributed by atoms with E-state index in [0.717, 1.165) is 23.4 Å². The highest BCUT2D eigenvalue weighted by atomic mass is 35.5. The molecule has 1 aromatic rings. The lowest BCUT2D eigenvalue weighted by Crippen LogP contribution is -2.49. The van der Waals surface area contributed by atoms with E-state index in [1.807, 2.05) is 13.0 Å². The summed E-state index contributed by atoms with van der Waals surface area (Å²) < 4.78 is 5.10. The van der Waals surface area contributed by atoms with Crippen molar-refractivity contribution in [1.29, 1.82) is 0 Å². The highest BCUT2D eigenvalue weighted by Crippen LogP contribution is 2.46. The fraction of sp³-hybridized carbons (Fsp3) is 0.588. The summed E-state index contributed by atoms with van der Waals surface area (Å²) in [6.45, 7) is 2.02. The molecule has 1 aromatic carbocycles. The number of fused-ring (bicyclic) bond motifs is 2. The molecule has 0 aromatic heterocycles. The van der Waals surface area contributed by atoms with Crippen LogP contribution in [0.4, 0.5) is 0 Å². The van der Waals surface area contributed by atoms with Crippen molar-refractivity contribution in [2.75, 3.05) is 14.2 Å². The molecular formula is C17H22ClNO2. The van der Waals surface area contributed by atoms with Gasteiger partial charge in [0.2, 0.25) is 0 Å². The van der Waals surface area contributed by atoms with Crippen LogP contribution >= 0.6 is 11.6 Å². The smallest absolute Gasteiger partial charge is 0.310 e. The SMILES string of the molecule is COC(=O)[C@@H]1C2CC[C@H](C[C@@H]1c1ccc(Cl)c(C)c1)N2C. The molecule has 0 radical (unpaired) electrons. The minimum absolute atomic E-state index is 0.0701. The number of hydrogen-bond acceptors (Lipinski definition) is 3. The van der Waals surface area contributed by atoms with Crippen LogP contribution in [-0.2, 0) is 9.53 Å². The van der Waals surface area contributed by atoms with E-state index in [0.29, 0.717) is 12.1 Å². The zero-order valence-electron chi connectivity index (χ0n) is 12.8. The van der Waals surface area contributed by atoms with Crippen molar-refractivity contribution in [2.24, 2.45) is 5.92 Å². The molecule has 2 heterocycles. The Bertz CT molecular complexity index is 560. The molecule has 21 heavy (non-hydrogen) atoms. The van der Waals surface area contributed by atoms with Gasteiger partial charge in [-0.15, -0.1) is 0 Å². The molecule has 4 heteroatoms. The standard InChI is InChI=1S/C17H22ClNO2/c1-10-8-11(4-6-14(10)18)13-9-12-5-7-15(19(12)2)16(13)17(20)21-3/h4,6,8,12-13,15-16H,5,7,9H2,1-3H3/t12-,13-,15?,16+/m1/s1. The molecular weight excluding hydrogens is 286 g/mol. The van der Waals surface area contributed by atoms with E-state index >= 15 is 0 Å². The number of halogens is 1. The summed E-state index contributed by atoms with van der Waals surface area (Å²) in [5.74, 6) is 0.0891. The number of carbonyl (C=O) groups is 1. The summed E-state index contributed by atoms with van der Waals surface area (Å²) in [5.41, 5.74) is 2.29. The fourth-order valence-corrected chi connectivity index (χ4v) is 4.28. The number of hydrogen-bond donors (Lipinski definition) is 0. The monoisotopic (exact) mass is 307 g/mol. The number of ether oxygens (including phenoxy) is 1. The van der Waals surface area contributed by atoms with E-state index in [1.54, 1.807) is 0 Å². The topological polar surface area (TPSA) is 29.5 Å². The lowest BCUT2D eigenvalue weighted by molar-refractivity contribution is -0.150. The second kappa shape index (κ2) is 5.62. The second-order valence-corrected chi connectivity index (χ2v) is 6.77. The number of carbonyl (C=O) groups excluding carboxylic acids is 1. The first-order valence-corrected chi connectivity index (χ1v) is 7.96. The van der Waals surface area contributed by atoms with Gasteiger partial charge in [-0.1, -0.05) is 23.7 Å². The lowest BCUT2D eigenvalue weighted by atomic mass is 9.76. The van der Waals surface area contributed by atoms with E-state index in [1.165, 1.54) is 19.1 Å². The van der Waals surface area contributed by atoms with Crippen LogP contribution in [0, 0.1) is 12.8 Å². The molecule has 2 aliphatic rings. The number of aryl methyl sites for hydroxylation is 1. The first kappa shape index (κ1) is 14.9. The maximum atomic E-state index is 12.4. The van der Waals surface area contributed by atoms with E-state index < -0.39 is 0 Å². The predicted molar refractivity (Wildman–Crippen MR) is 83.6 cm³/mol. The molecule has 0 aliphatic carbocycles. The van der Waals surface area contributed by atoms with Gasteiger partial charge in [0.1, 0.15) is 0 Å². The van der Waals surface area contributed by atoms with Gasteiger partial charge in [0.05, 0.1) is 13.0 Å². The molecule has 2 saturated heterocycles. The predicted octanol–water partition coefficient (Wildman–Crippen LogP) is 3.39. The van der Waals surface area contributed by atoms with Crippen LogP contribution in [0.25, 0.3) is 0 Å². The number of benzene rings is 1. The van der Waals surface area contributed by atoms with Gasteiger partial charge in [-0.3, -0.25) is 9.69 Å². The Morgan fingerprint density at radius 3 is 2.81 bits per heavy atom. The molecule has 3 nitrogen and oxygen atoms in total. The van der Waals surface area contributed by atoms with Crippen LogP contribution in [0.1, 0.15) is 36.3 Å². The summed E-state index contributed by atoms with van der Waals surface area (Å²) >= 11 is 6.14. The van der Waals surface area contributed by atoms with Crippen LogP contribution in [0.2, 0.25) is 5.02 Å². The summed E-state index contributed by atoms with van der Waals surface area (Å²) in [6.07, 6.45) is 3.29. The van der Waals surface area contributed by atoms with Crippen LogP contribution in [0.3, 0.4) is 0 Å². The summed E-state index contributed by atoms with van der Waals surface area (Å²) in [4.78, 5) is 14.7. The van der Waals surface area contributed by atoms with Crippen LogP contribution < -0.4 is 0 Å². The Kier molecular flexibility index (Phi) is 3.98. The average molecular weight is 308 g/mol. The Balaban J connectivity index is 1.98. The van der Waals surface area contributed by atoms with Gasteiger partial charge in [-0.2, -0.15) is 0 Å². The number of methoxy groups -OCH3 is 1. The molecule has 114 valence electrons. The van der Waals surface area contributed by atoms with Gasteiger partial charge in [0.15, 0.2) is 0 Å². The van der Waals surface area contributed by atoms with E-state index in [2.05, 4.69) is 24.1 Å². The highest BCUT2D eigenvalue weighted by molar-refractivity contribution is 6.31. The maximum Gasteiger partial charge on any atom is 0.310 e. The molecule has 2 fully saturated rings. The van der Waals surface area contributed by atoms with Gasteiger partial charge in [-0.05, 0) is 50.4 Å². The maximum absolute atomic E-state index is 12.4. The fourth-order valence-electron chi connectivity index (χ4n) is 4.17. The third-order valence-electron chi connectivity index (χ3n) is 5.35. The minimum atomic E-state index is -0.0789. The molecule has 4 atom stereocenters. The van der Waals surface area contributed by atoms with Gasteiger partial charge in [-0.25, -0.2) is 0 Å². The van der Waals surface area contributed by atoms with Gasteiger partial charge in [0.25, 0.3) is 0 Å². The quantitative estimate of drug-likeness (QED) is 0.784. The summed E-state index contributed by atoms with van der Waals surface area (Å²) in [6, 6.07) is 7.03. The van der Waals surface area contributed by atoms with Crippen molar-refractivity contribution in [1.82, 2.24) is 4.90 Å². The first-order valence-electron chi connectivity index (χ1n) is 7.58. The molecule has 0 amide bonds. The minimum Gasteiger partial charge on any atom is -0.469 e. The zero-order chi connectivity index (χ0) is 15.1. The Morgan fingerprint density at radius 1 is 1.38 bits per heavy atom. The molecule has 0 spiro atoms. The van der Waals surface area contributed by atoms with Gasteiger partial charge >= 0.3 is 5.97 Å². The van der Waals surface area contributed by atoms with E-state index in [4.69, 9.17) is 16.3 Å². The average Bonchev–Trinajstić information content (AvgIpc) is 2.72. The van der Waals surface area contributed by atoms with Gasteiger partial charge < -0.3 is 4.74 Å². The Hall–Kier alpha value is -1.06. The van der Waals surface area contributed by atoms with Crippen LogP contribution in [-0.4, -0.2) is 37.1 Å². The molecule has 0 saturated carbocycles. The Labute approximate surface area is 131 Å². The molecule has 1 unspecified atom stereocenters. The van der Waals surface area contributed by atoms with Crippen molar-refractivity contribution < 1.29 is 9.53 Å². The van der Waals surface area contributed by atoms with E-state index in [9.17, 15) is 4.79 Å². The van der Waals surface area contributed by atoms with Crippen LogP contribution in [0.15, 0.2) is 18.2 Å². The van der Waals surface area contributed by atoms with E-state index in [-0.39, 0.29) is 17.8 Å². The van der Waals surface area contributed by atoms with Crippen molar-refractivity contribution in [3.05, 3.63) is 34.3 Å². The highest BCUT2D eigenvalue weighted by Gasteiger charge is 2.49. The third-order valence-corrected chi connectivity index (χ3v) is 5.78. The largest absolute Gasteiger partial charge is 0.469 e. The molecule has 2 aliphatic heterocycles. The summed E-state index contributed by atoms with van der Waals surface area (Å²) in [7, 11) is 3.63. The van der Waals surface area contributed by atoms with Crippen molar-refractivity contribution in [3.8, 4) is 0 Å². The zero-order valence-corrected chi connectivity index (χ0v) is 13.6. The lowest BCUT2D eigenvalue weighted by Gasteiger charge is -2.41. The van der Waals surface area contributed by atoms with Crippen molar-refractivity contribution >= 4 is 17.6 Å². The second-order valence-electron chi connectivity index (χ2n) is 6.36. The van der Waals surface area contributed by atoms with Crippen molar-refractivity contribution in [2.45, 2.75) is 44.2 Å². The summed E-state index contributed by atoms with van der Waals surface area (Å²) in [5, 5.41) is 0.782. The molecule has 0 N–H and O–H groups in total. The van der Waals surface area contributed by atoms with Crippen molar-refractivity contribution in [3.63, 3.8) is 0 Å². The third kappa shape index (κ3) is 2.47. The van der Waals surface area contributed by atoms with Gasteiger partial charge in [0, 0.05) is 23.0 Å². The first-order chi connectivity index (χ1) is 10.0. The number of rotatable bonds is 2. The number of esters is 1. The normalized spacial score (nSPS) is 32.2. The molecule has 3 rings (SSSR count).